The van der Waals surface area contributed by atoms with E-state index in [0.29, 0.717) is 62.3 Å². The molecule has 1 heterocycles. The topological polar surface area (TPSA) is 147 Å². The summed E-state index contributed by atoms with van der Waals surface area (Å²) in [6, 6.07) is 5.64. The molecule has 0 aliphatic carbocycles. The number of amides is 1. The summed E-state index contributed by atoms with van der Waals surface area (Å²) in [7, 11) is 7.99. The van der Waals surface area contributed by atoms with Crippen LogP contribution in [0.2, 0.25) is 18.1 Å². The van der Waals surface area contributed by atoms with Crippen molar-refractivity contribution in [3.05, 3.63) is 84.1 Å². The van der Waals surface area contributed by atoms with Gasteiger partial charge in [0.05, 0.1) is 63.9 Å². The molecule has 0 fully saturated rings. The van der Waals surface area contributed by atoms with Gasteiger partial charge < -0.3 is 52.0 Å². The summed E-state index contributed by atoms with van der Waals surface area (Å²) in [5.74, 6) is 1.33. The van der Waals surface area contributed by atoms with Crippen LogP contribution in [0.3, 0.4) is 0 Å². The van der Waals surface area contributed by atoms with Gasteiger partial charge in [-0.3, -0.25) is 9.59 Å². The molecule has 0 saturated carbocycles. The highest BCUT2D eigenvalue weighted by Gasteiger charge is 2.43. The molecule has 1 aromatic rings. The van der Waals surface area contributed by atoms with E-state index in [2.05, 4.69) is 106 Å². The Bertz CT molecular complexity index is 2140. The maximum atomic E-state index is 13.8. The highest BCUT2D eigenvalue weighted by molar-refractivity contribution is 7.98. The Morgan fingerprint density at radius 3 is 2.28 bits per heavy atom. The first-order valence-corrected chi connectivity index (χ1v) is 34.1. The van der Waals surface area contributed by atoms with Crippen LogP contribution in [0.15, 0.2) is 78.6 Å². The number of allylic oxidation sites excluding steroid dienone is 3. The van der Waals surface area contributed by atoms with Crippen molar-refractivity contribution in [2.24, 2.45) is 41.4 Å². The number of carbonyl (C=O) groups is 3. The highest BCUT2D eigenvalue weighted by Crippen LogP contribution is 2.41. The van der Waals surface area contributed by atoms with Crippen LogP contribution >= 0.6 is 11.8 Å². The number of rotatable bonds is 27. The van der Waals surface area contributed by atoms with E-state index in [1.54, 1.807) is 59.5 Å². The SMILES string of the molecule is COc1ccc(COC[C@H](CC[C@H](C)[C@H](CC2C/C=C\C(OC)C[C@H](C)C/C=C(\C)C(OC)CC[C@@H](C)C(O[Si](C)(C)C(C)(C)C)[C@H](C)[C@H](OCSC)C/C=C/C=C/C(=O)O2)OC)[C@H](C)[C@H](OC(C)=O)[C@H](C)/C=C/N(C)C=O)c(OC)c1. The van der Waals surface area contributed by atoms with Crippen LogP contribution in [0.4, 0.5) is 0 Å². The van der Waals surface area contributed by atoms with Crippen molar-refractivity contribution in [3.8, 4) is 11.5 Å². The van der Waals surface area contributed by atoms with E-state index in [-0.39, 0.29) is 77.0 Å². The molecular weight excluding hydrogens is 1070 g/mol. The van der Waals surface area contributed by atoms with Gasteiger partial charge >= 0.3 is 11.9 Å². The van der Waals surface area contributed by atoms with E-state index in [1.807, 2.05) is 44.4 Å². The van der Waals surface area contributed by atoms with Gasteiger partial charge in [-0.25, -0.2) is 4.79 Å². The number of ether oxygens (including phenoxy) is 9. The van der Waals surface area contributed by atoms with Crippen molar-refractivity contribution in [2.75, 3.05) is 61.4 Å². The zero-order valence-corrected chi connectivity index (χ0v) is 56.1. The number of hydrogen-bond acceptors (Lipinski definition) is 14. The predicted octanol–water partition coefficient (Wildman–Crippen LogP) is 14.4. The van der Waals surface area contributed by atoms with Gasteiger partial charge in [-0.05, 0) is 124 Å². The van der Waals surface area contributed by atoms with E-state index >= 15 is 0 Å². The van der Waals surface area contributed by atoms with Crippen molar-refractivity contribution in [1.82, 2.24) is 4.90 Å². The molecule has 2 rings (SSSR count). The number of benzene rings is 1. The van der Waals surface area contributed by atoms with Gasteiger partial charge in [-0.2, -0.15) is 0 Å². The molecule has 14 nitrogen and oxygen atoms in total. The van der Waals surface area contributed by atoms with Crippen molar-refractivity contribution in [3.63, 3.8) is 0 Å². The Morgan fingerprint density at radius 1 is 0.951 bits per heavy atom. The van der Waals surface area contributed by atoms with Gasteiger partial charge in [-0.1, -0.05) is 105 Å². The number of esters is 2. The van der Waals surface area contributed by atoms with Crippen LogP contribution < -0.4 is 9.47 Å². The quantitative estimate of drug-likeness (QED) is 0.0271. The third-order valence-corrected chi connectivity index (χ3v) is 21.9. The number of methoxy groups -OCH3 is 5. The lowest BCUT2D eigenvalue weighted by Gasteiger charge is -2.44. The molecule has 0 bridgehead atoms. The molecule has 1 aliphatic rings. The van der Waals surface area contributed by atoms with Crippen molar-refractivity contribution >= 4 is 38.4 Å². The lowest BCUT2D eigenvalue weighted by atomic mass is 9.79. The summed E-state index contributed by atoms with van der Waals surface area (Å²) in [6.45, 7) is 28.9. The fourth-order valence-corrected chi connectivity index (χ4v) is 12.3. The second-order valence-corrected chi connectivity index (χ2v) is 30.1. The molecule has 0 spiro atoms. The summed E-state index contributed by atoms with van der Waals surface area (Å²) >= 11 is 1.66. The summed E-state index contributed by atoms with van der Waals surface area (Å²) < 4.78 is 62.3. The van der Waals surface area contributed by atoms with Gasteiger partial charge in [0, 0.05) is 83.9 Å². The maximum Gasteiger partial charge on any atom is 0.331 e. The zero-order chi connectivity index (χ0) is 61.6. The largest absolute Gasteiger partial charge is 0.497 e. The average molecular weight is 1190 g/mol. The fourth-order valence-electron chi connectivity index (χ4n) is 10.5. The van der Waals surface area contributed by atoms with Crippen LogP contribution in [-0.2, 0) is 58.6 Å². The first kappa shape index (κ1) is 74.4. The summed E-state index contributed by atoms with van der Waals surface area (Å²) in [6.07, 6.45) is 25.1. The van der Waals surface area contributed by atoms with Crippen LogP contribution in [0.25, 0.3) is 0 Å². The molecule has 468 valence electrons. The van der Waals surface area contributed by atoms with Gasteiger partial charge in [0.25, 0.3) is 0 Å². The summed E-state index contributed by atoms with van der Waals surface area (Å²) in [4.78, 5) is 39.3. The van der Waals surface area contributed by atoms with E-state index in [4.69, 9.17) is 47.1 Å². The lowest BCUT2D eigenvalue weighted by molar-refractivity contribution is -0.153. The third kappa shape index (κ3) is 26.7. The minimum absolute atomic E-state index is 0.00191. The molecule has 4 unspecified atom stereocenters. The Balaban J connectivity index is 2.57. The molecule has 1 aromatic carbocycles. The lowest BCUT2D eigenvalue weighted by Crippen LogP contribution is -2.49. The number of carbonyl (C=O) groups excluding carboxylic acids is 3. The summed E-state index contributed by atoms with van der Waals surface area (Å²) in [5, 5.41) is 0.0341. The average Bonchev–Trinajstić information content (AvgIpc) is 3.46. The highest BCUT2D eigenvalue weighted by atomic mass is 32.2. The predicted molar refractivity (Wildman–Crippen MR) is 337 cm³/mol. The molecule has 0 aromatic heterocycles. The normalized spacial score (nSPS) is 26.5. The zero-order valence-electron chi connectivity index (χ0n) is 54.2. The van der Waals surface area contributed by atoms with Crippen LogP contribution in [0.5, 0.6) is 11.5 Å². The van der Waals surface area contributed by atoms with Crippen LogP contribution in [0.1, 0.15) is 140 Å². The van der Waals surface area contributed by atoms with Crippen LogP contribution in [0, 0.1) is 41.4 Å². The smallest absolute Gasteiger partial charge is 0.331 e. The standard InChI is InChI=1S/C66H111NO13SSi/c1-46-29-30-47(2)59(73-15)36-32-49(4)65(80-82(19,20)66(9,10)11)52(7)60(77-45-81-18)27-22-21-23-28-63(70)79-58(26-24-25-56(39-46)71-13)41-61(74-16)48(3)31-33-54(42-76-43-55-34-35-57(72-14)40-62(55)75-17)51(6)64(78-53(8)69)50(5)37-38-67(12)44-68/h21-25,28,30,34-35,37-38,40,44,46,48-52,54,56,58-61,64-65H,26-27,29,31-33,36,39,41-43,45H2,1-20H3/b22-21+,25-24-,28-23+,38-37+,47-30+/t46-,48+,49-,50-,51+,52-,54+,56?,58?,59?,60-,61+,64-,65?/m1/s1. The minimum atomic E-state index is -2.18. The molecule has 0 N–H and O–H groups in total. The van der Waals surface area contributed by atoms with Crippen molar-refractivity contribution in [2.45, 2.75) is 201 Å². The monoisotopic (exact) mass is 1190 g/mol. The van der Waals surface area contributed by atoms with Gasteiger partial charge in [0.2, 0.25) is 6.41 Å². The fraction of sp³-hybridized carbons (Fsp3) is 0.712. The number of hydrogen-bond donors (Lipinski definition) is 0. The molecular formula is C66H111NO13SSi. The maximum absolute atomic E-state index is 13.8. The second-order valence-electron chi connectivity index (χ2n) is 24.6. The first-order chi connectivity index (χ1) is 38.8. The Morgan fingerprint density at radius 2 is 1.67 bits per heavy atom. The molecule has 1 amide bonds. The molecule has 16 heteroatoms. The molecule has 0 radical (unpaired) electrons. The van der Waals surface area contributed by atoms with E-state index in [0.717, 1.165) is 44.1 Å². The first-order valence-electron chi connectivity index (χ1n) is 29.8. The number of thioether (sulfide) groups is 1. The molecule has 82 heavy (non-hydrogen) atoms. The Labute approximate surface area is 502 Å². The Kier molecular flexibility index (Phi) is 35.4. The Hall–Kier alpha value is -3.74. The molecule has 0 saturated heterocycles. The number of cyclic esters (lactones) is 1. The van der Waals surface area contributed by atoms with Crippen LogP contribution in [-0.4, -0.2) is 136 Å². The van der Waals surface area contributed by atoms with Crippen molar-refractivity contribution in [1.29, 1.82) is 0 Å². The number of nitrogens with zero attached hydrogens (tertiary/aromatic N) is 1. The van der Waals surface area contributed by atoms with E-state index in [1.165, 1.54) is 23.5 Å². The molecule has 14 atom stereocenters. The second kappa shape index (κ2) is 39.1. The van der Waals surface area contributed by atoms with E-state index in [9.17, 15) is 14.4 Å². The minimum Gasteiger partial charge on any atom is -0.497 e. The van der Waals surface area contributed by atoms with Gasteiger partial charge in [0.15, 0.2) is 8.32 Å². The third-order valence-electron chi connectivity index (χ3n) is 17.0. The van der Waals surface area contributed by atoms with Gasteiger partial charge in [-0.15, -0.1) is 11.8 Å². The van der Waals surface area contributed by atoms with E-state index < -0.39 is 26.5 Å². The molecule has 1 aliphatic heterocycles. The summed E-state index contributed by atoms with van der Waals surface area (Å²) in [5.41, 5.74) is 2.11. The van der Waals surface area contributed by atoms with Crippen molar-refractivity contribution < 1.29 is 61.4 Å². The van der Waals surface area contributed by atoms with Gasteiger partial charge in [0.1, 0.15) is 23.7 Å².